The maximum absolute atomic E-state index is 13.4. The zero-order chi connectivity index (χ0) is 17.8. The van der Waals surface area contributed by atoms with E-state index in [-0.39, 0.29) is 24.8 Å². The molecule has 24 heavy (non-hydrogen) atoms. The number of guanidine groups is 1. The van der Waals surface area contributed by atoms with Crippen LogP contribution in [0.2, 0.25) is 0 Å². The van der Waals surface area contributed by atoms with Gasteiger partial charge in [-0.1, -0.05) is 12.1 Å². The Morgan fingerprint density at radius 2 is 2.04 bits per heavy atom. The molecule has 1 aromatic carbocycles. The lowest BCUT2D eigenvalue weighted by atomic mass is 10.3. The first-order valence-electron chi connectivity index (χ1n) is 7.63. The van der Waals surface area contributed by atoms with Crippen LogP contribution in [-0.4, -0.2) is 70.8 Å². The van der Waals surface area contributed by atoms with E-state index < -0.39 is 5.82 Å². The quantitative estimate of drug-likeness (QED) is 0.388. The maximum atomic E-state index is 13.4. The number of benzene rings is 1. The van der Waals surface area contributed by atoms with Crippen LogP contribution in [0.1, 0.15) is 0 Å². The topological polar surface area (TPSA) is 75.2 Å². The molecule has 0 unspecified atom stereocenters. The number of carbonyl (C=O) groups is 1. The average molecular weight is 340 g/mol. The number of likely N-dealkylation sites (N-methyl/N-ethyl adjacent to an activating group) is 1. The van der Waals surface area contributed by atoms with Crippen molar-refractivity contribution in [2.45, 2.75) is 0 Å². The van der Waals surface area contributed by atoms with Gasteiger partial charge in [-0.05, 0) is 12.1 Å². The van der Waals surface area contributed by atoms with E-state index in [1.165, 1.54) is 6.07 Å². The third kappa shape index (κ3) is 7.28. The van der Waals surface area contributed by atoms with Crippen LogP contribution in [0.25, 0.3) is 0 Å². The fourth-order valence-electron chi connectivity index (χ4n) is 1.86. The van der Waals surface area contributed by atoms with Crippen molar-refractivity contribution in [1.82, 2.24) is 15.5 Å². The second kappa shape index (κ2) is 11.2. The van der Waals surface area contributed by atoms with Gasteiger partial charge in [0.1, 0.15) is 6.61 Å². The van der Waals surface area contributed by atoms with Crippen molar-refractivity contribution in [1.29, 1.82) is 0 Å². The van der Waals surface area contributed by atoms with Gasteiger partial charge in [-0.2, -0.15) is 0 Å². The van der Waals surface area contributed by atoms with Gasteiger partial charge < -0.3 is 25.0 Å². The molecule has 0 bridgehead atoms. The number of halogens is 1. The molecule has 1 aromatic rings. The van der Waals surface area contributed by atoms with Gasteiger partial charge in [0.05, 0.1) is 19.7 Å². The monoisotopic (exact) mass is 340 g/mol. The number of methoxy groups -OCH3 is 1. The van der Waals surface area contributed by atoms with Crippen LogP contribution in [0.15, 0.2) is 29.3 Å². The van der Waals surface area contributed by atoms with Crippen LogP contribution < -0.4 is 15.4 Å². The molecule has 0 heterocycles. The zero-order valence-electron chi connectivity index (χ0n) is 14.3. The predicted molar refractivity (Wildman–Crippen MR) is 90.8 cm³/mol. The van der Waals surface area contributed by atoms with Crippen molar-refractivity contribution >= 4 is 11.9 Å². The third-order valence-corrected chi connectivity index (χ3v) is 3.13. The number of aliphatic imine (C=N–C) groups is 1. The maximum Gasteiger partial charge on any atom is 0.239 e. The van der Waals surface area contributed by atoms with E-state index in [0.29, 0.717) is 25.7 Å². The highest BCUT2D eigenvalue weighted by molar-refractivity contribution is 5.86. The first-order valence-corrected chi connectivity index (χ1v) is 7.63. The molecule has 1 rings (SSSR count). The molecule has 0 aliphatic rings. The van der Waals surface area contributed by atoms with Crippen molar-refractivity contribution in [3.05, 3.63) is 30.1 Å². The summed E-state index contributed by atoms with van der Waals surface area (Å²) in [7, 11) is 5.01. The van der Waals surface area contributed by atoms with Gasteiger partial charge in [0.2, 0.25) is 5.91 Å². The standard InChI is InChI=1S/C16H25FN4O3/c1-18-16(20-12-15(22)19-8-10-23-3)21(2)9-11-24-14-7-5-4-6-13(14)17/h4-7H,8-12H2,1-3H3,(H,18,20)(H,19,22). The summed E-state index contributed by atoms with van der Waals surface area (Å²) in [5, 5.41) is 5.66. The number of amides is 1. The summed E-state index contributed by atoms with van der Waals surface area (Å²) in [6.07, 6.45) is 0. The molecular weight excluding hydrogens is 315 g/mol. The number of nitrogens with zero attached hydrogens (tertiary/aromatic N) is 2. The van der Waals surface area contributed by atoms with E-state index in [1.807, 2.05) is 7.05 Å². The van der Waals surface area contributed by atoms with E-state index in [2.05, 4.69) is 15.6 Å². The van der Waals surface area contributed by atoms with Gasteiger partial charge in [0.25, 0.3) is 0 Å². The molecule has 0 aliphatic carbocycles. The highest BCUT2D eigenvalue weighted by atomic mass is 19.1. The molecule has 2 N–H and O–H groups in total. The number of hydrogen-bond acceptors (Lipinski definition) is 4. The summed E-state index contributed by atoms with van der Waals surface area (Å²) in [4.78, 5) is 17.5. The van der Waals surface area contributed by atoms with Crippen LogP contribution >= 0.6 is 0 Å². The molecule has 1 amide bonds. The van der Waals surface area contributed by atoms with Crippen molar-refractivity contribution < 1.29 is 18.7 Å². The first-order chi connectivity index (χ1) is 11.6. The fraction of sp³-hybridized carbons (Fsp3) is 0.500. The second-order valence-corrected chi connectivity index (χ2v) is 4.94. The largest absolute Gasteiger partial charge is 0.489 e. The minimum absolute atomic E-state index is 0.106. The normalized spacial score (nSPS) is 11.1. The molecule has 134 valence electrons. The van der Waals surface area contributed by atoms with E-state index in [9.17, 15) is 9.18 Å². The molecule has 0 atom stereocenters. The van der Waals surface area contributed by atoms with Crippen molar-refractivity contribution in [2.24, 2.45) is 4.99 Å². The first kappa shape index (κ1) is 19.7. The van der Waals surface area contributed by atoms with Gasteiger partial charge >= 0.3 is 0 Å². The summed E-state index contributed by atoms with van der Waals surface area (Å²) >= 11 is 0. The number of ether oxygens (including phenoxy) is 2. The van der Waals surface area contributed by atoms with Gasteiger partial charge in [-0.15, -0.1) is 0 Å². The Kier molecular flexibility index (Phi) is 9.21. The molecule has 0 aromatic heterocycles. The van der Waals surface area contributed by atoms with Gasteiger partial charge in [0.15, 0.2) is 17.5 Å². The molecule has 0 saturated heterocycles. The highest BCUT2D eigenvalue weighted by Gasteiger charge is 2.09. The van der Waals surface area contributed by atoms with E-state index in [0.717, 1.165) is 0 Å². The van der Waals surface area contributed by atoms with Crippen LogP contribution in [0.5, 0.6) is 5.75 Å². The number of nitrogens with one attached hydrogen (secondary N) is 2. The smallest absolute Gasteiger partial charge is 0.239 e. The van der Waals surface area contributed by atoms with E-state index in [4.69, 9.17) is 9.47 Å². The Bertz CT molecular complexity index is 540. The Morgan fingerprint density at radius 1 is 1.29 bits per heavy atom. The zero-order valence-corrected chi connectivity index (χ0v) is 14.3. The number of rotatable bonds is 9. The van der Waals surface area contributed by atoms with Crippen LogP contribution in [0.3, 0.4) is 0 Å². The minimum atomic E-state index is -0.393. The van der Waals surface area contributed by atoms with Crippen LogP contribution in [0, 0.1) is 5.82 Å². The Morgan fingerprint density at radius 3 is 2.71 bits per heavy atom. The molecule has 0 fully saturated rings. The van der Waals surface area contributed by atoms with Crippen LogP contribution in [-0.2, 0) is 9.53 Å². The third-order valence-electron chi connectivity index (χ3n) is 3.13. The summed E-state index contributed by atoms with van der Waals surface area (Å²) in [5.41, 5.74) is 0. The van der Waals surface area contributed by atoms with E-state index in [1.54, 1.807) is 37.3 Å². The minimum Gasteiger partial charge on any atom is -0.489 e. The number of carbonyl (C=O) groups excluding carboxylic acids is 1. The van der Waals surface area contributed by atoms with Crippen LogP contribution in [0.4, 0.5) is 4.39 Å². The fourth-order valence-corrected chi connectivity index (χ4v) is 1.86. The molecular formula is C16H25FN4O3. The molecule has 0 radical (unpaired) electrons. The summed E-state index contributed by atoms with van der Waals surface area (Å²) in [6, 6.07) is 6.25. The molecule has 0 aliphatic heterocycles. The average Bonchev–Trinajstić information content (AvgIpc) is 2.57. The Hall–Kier alpha value is -2.35. The molecule has 0 spiro atoms. The van der Waals surface area contributed by atoms with Gasteiger partial charge in [-0.3, -0.25) is 9.79 Å². The second-order valence-electron chi connectivity index (χ2n) is 4.94. The summed E-state index contributed by atoms with van der Waals surface area (Å²) in [6.45, 7) is 1.81. The molecule has 8 heteroatoms. The molecule has 0 saturated carbocycles. The van der Waals surface area contributed by atoms with Crippen molar-refractivity contribution in [3.63, 3.8) is 0 Å². The number of para-hydroxylation sites is 1. The Labute approximate surface area is 141 Å². The number of hydrogen-bond donors (Lipinski definition) is 2. The lowest BCUT2D eigenvalue weighted by Gasteiger charge is -2.22. The summed E-state index contributed by atoms with van der Waals surface area (Å²) < 4.78 is 23.7. The lowest BCUT2D eigenvalue weighted by molar-refractivity contribution is -0.120. The van der Waals surface area contributed by atoms with Crippen molar-refractivity contribution in [3.8, 4) is 5.75 Å². The SMILES string of the molecule is CN=C(NCC(=O)NCCOC)N(C)CCOc1ccccc1F. The van der Waals surface area contributed by atoms with Gasteiger partial charge in [0, 0.05) is 27.7 Å². The highest BCUT2D eigenvalue weighted by Crippen LogP contribution is 2.14. The van der Waals surface area contributed by atoms with E-state index >= 15 is 0 Å². The Balaban J connectivity index is 2.32. The lowest BCUT2D eigenvalue weighted by Crippen LogP contribution is -2.45. The predicted octanol–water partition coefficient (Wildman–Crippen LogP) is 0.474. The molecule has 7 nitrogen and oxygen atoms in total. The summed E-state index contributed by atoms with van der Waals surface area (Å²) in [5.74, 6) is 0.222. The van der Waals surface area contributed by atoms with Crippen molar-refractivity contribution in [2.75, 3.05) is 54.1 Å². The van der Waals surface area contributed by atoms with Gasteiger partial charge in [-0.25, -0.2) is 4.39 Å².